The van der Waals surface area contributed by atoms with Gasteiger partial charge in [-0.1, -0.05) is 24.3 Å². The molecule has 0 spiro atoms. The molecule has 1 saturated heterocycles. The molecule has 0 aliphatic carbocycles. The lowest BCUT2D eigenvalue weighted by atomic mass is 10.1. The number of nitrogens with one attached hydrogen (secondary N) is 1. The number of hydrogen-bond donors (Lipinski definition) is 1. The molecule has 0 bridgehead atoms. The molecule has 0 unspecified atom stereocenters. The zero-order valence-corrected chi connectivity index (χ0v) is 13.4. The Bertz CT molecular complexity index is 725. The van der Waals surface area contributed by atoms with Crippen molar-refractivity contribution in [3.63, 3.8) is 0 Å². The van der Waals surface area contributed by atoms with Gasteiger partial charge in [-0.3, -0.25) is 4.90 Å². The first-order valence-electron chi connectivity index (χ1n) is 7.86. The van der Waals surface area contributed by atoms with E-state index in [1.807, 2.05) is 18.2 Å². The number of halogens is 4. The molecule has 1 aromatic heterocycles. The van der Waals surface area contributed by atoms with Gasteiger partial charge in [0.2, 0.25) is 11.6 Å². The minimum Gasteiger partial charge on any atom is -0.379 e. The molecule has 3 rings (SSSR count). The fraction of sp³-hybridized carbons (Fsp3) is 0.353. The third kappa shape index (κ3) is 4.26. The number of aromatic nitrogens is 1. The molecule has 2 aromatic rings. The van der Waals surface area contributed by atoms with E-state index in [-0.39, 0.29) is 6.54 Å². The fourth-order valence-electron chi connectivity index (χ4n) is 2.69. The summed E-state index contributed by atoms with van der Waals surface area (Å²) in [5, 5.41) is 2.41. The van der Waals surface area contributed by atoms with Gasteiger partial charge in [-0.05, 0) is 11.1 Å². The summed E-state index contributed by atoms with van der Waals surface area (Å²) in [6.07, 6.45) is 0. The van der Waals surface area contributed by atoms with Crippen molar-refractivity contribution in [3.05, 3.63) is 58.9 Å². The third-order valence-electron chi connectivity index (χ3n) is 3.97. The minimum atomic E-state index is -1.68. The monoisotopic (exact) mass is 355 g/mol. The second-order valence-corrected chi connectivity index (χ2v) is 5.76. The van der Waals surface area contributed by atoms with Crippen LogP contribution in [0.5, 0.6) is 0 Å². The Morgan fingerprint density at radius 2 is 1.64 bits per heavy atom. The predicted octanol–water partition coefficient (Wildman–Crippen LogP) is 3.08. The molecule has 1 aliphatic heterocycles. The average Bonchev–Trinajstić information content (AvgIpc) is 2.61. The van der Waals surface area contributed by atoms with Gasteiger partial charge in [0.05, 0.1) is 13.2 Å². The van der Waals surface area contributed by atoms with E-state index in [0.717, 1.165) is 30.8 Å². The molecule has 1 aromatic carbocycles. The molecule has 1 aliphatic rings. The van der Waals surface area contributed by atoms with Gasteiger partial charge in [0.25, 0.3) is 11.9 Å². The van der Waals surface area contributed by atoms with Crippen LogP contribution in [0.3, 0.4) is 0 Å². The highest BCUT2D eigenvalue weighted by molar-refractivity contribution is 5.46. The normalized spacial score (nSPS) is 15.4. The van der Waals surface area contributed by atoms with Crippen molar-refractivity contribution in [1.82, 2.24) is 9.88 Å². The van der Waals surface area contributed by atoms with Crippen molar-refractivity contribution in [2.45, 2.75) is 13.1 Å². The summed E-state index contributed by atoms with van der Waals surface area (Å²) in [6.45, 7) is 3.83. The summed E-state index contributed by atoms with van der Waals surface area (Å²) in [5.41, 5.74) is 0.917. The second kappa shape index (κ2) is 7.79. The molecule has 2 heterocycles. The van der Waals surface area contributed by atoms with Gasteiger partial charge in [-0.25, -0.2) is 0 Å². The van der Waals surface area contributed by atoms with E-state index in [9.17, 15) is 17.6 Å². The molecule has 134 valence electrons. The molecule has 1 N–H and O–H groups in total. The Hall–Kier alpha value is -2.19. The van der Waals surface area contributed by atoms with Gasteiger partial charge < -0.3 is 10.1 Å². The van der Waals surface area contributed by atoms with Crippen LogP contribution in [-0.4, -0.2) is 36.2 Å². The van der Waals surface area contributed by atoms with Crippen molar-refractivity contribution in [3.8, 4) is 0 Å². The van der Waals surface area contributed by atoms with Crippen LogP contribution in [0.15, 0.2) is 24.3 Å². The van der Waals surface area contributed by atoms with Crippen LogP contribution in [0.2, 0.25) is 0 Å². The molecule has 0 amide bonds. The Morgan fingerprint density at radius 1 is 1.00 bits per heavy atom. The summed E-state index contributed by atoms with van der Waals surface area (Å²) >= 11 is 0. The number of benzene rings is 1. The van der Waals surface area contributed by atoms with E-state index < -0.39 is 29.2 Å². The number of rotatable bonds is 5. The van der Waals surface area contributed by atoms with Crippen molar-refractivity contribution in [2.24, 2.45) is 0 Å². The number of morpholine rings is 1. The molecule has 0 saturated carbocycles. The minimum absolute atomic E-state index is 0.0215. The lowest BCUT2D eigenvalue weighted by Crippen LogP contribution is -2.35. The number of hydrogen-bond acceptors (Lipinski definition) is 4. The van der Waals surface area contributed by atoms with Crippen molar-refractivity contribution >= 4 is 5.69 Å². The molecule has 0 atom stereocenters. The van der Waals surface area contributed by atoms with Crippen LogP contribution in [0, 0.1) is 23.5 Å². The van der Waals surface area contributed by atoms with Crippen LogP contribution >= 0.6 is 0 Å². The predicted molar refractivity (Wildman–Crippen MR) is 83.9 cm³/mol. The van der Waals surface area contributed by atoms with E-state index in [1.165, 1.54) is 0 Å². The Balaban J connectivity index is 1.69. The number of ether oxygens (including phenoxy) is 1. The highest BCUT2D eigenvalue weighted by Crippen LogP contribution is 2.23. The maximum Gasteiger partial charge on any atom is 0.253 e. The lowest BCUT2D eigenvalue weighted by Gasteiger charge is -2.26. The Kier molecular flexibility index (Phi) is 5.50. The highest BCUT2D eigenvalue weighted by atomic mass is 19.2. The van der Waals surface area contributed by atoms with Gasteiger partial charge in [0, 0.05) is 26.2 Å². The summed E-state index contributed by atoms with van der Waals surface area (Å²) in [4.78, 5) is 4.77. The van der Waals surface area contributed by atoms with Crippen molar-refractivity contribution in [2.75, 3.05) is 31.6 Å². The smallest absolute Gasteiger partial charge is 0.253 e. The zero-order chi connectivity index (χ0) is 17.8. The van der Waals surface area contributed by atoms with Gasteiger partial charge >= 0.3 is 0 Å². The summed E-state index contributed by atoms with van der Waals surface area (Å²) in [6, 6.07) is 7.42. The van der Waals surface area contributed by atoms with Crippen molar-refractivity contribution < 1.29 is 22.3 Å². The Morgan fingerprint density at radius 3 is 2.32 bits per heavy atom. The molecular weight excluding hydrogens is 338 g/mol. The number of nitrogens with zero attached hydrogens (tertiary/aromatic N) is 2. The maximum absolute atomic E-state index is 13.6. The number of anilines is 1. The quantitative estimate of drug-likeness (QED) is 0.661. The summed E-state index contributed by atoms with van der Waals surface area (Å²) < 4.78 is 58.8. The van der Waals surface area contributed by atoms with Gasteiger partial charge in [0.15, 0.2) is 0 Å². The lowest BCUT2D eigenvalue weighted by molar-refractivity contribution is 0.0342. The van der Waals surface area contributed by atoms with Gasteiger partial charge in [0.1, 0.15) is 5.69 Å². The fourth-order valence-corrected chi connectivity index (χ4v) is 2.69. The average molecular weight is 355 g/mol. The van der Waals surface area contributed by atoms with E-state index in [4.69, 9.17) is 4.74 Å². The summed E-state index contributed by atoms with van der Waals surface area (Å²) in [7, 11) is 0. The maximum atomic E-state index is 13.6. The SMILES string of the molecule is Fc1nc(F)c(F)c(NCc2cccc(CN3CCOCC3)c2)c1F. The van der Waals surface area contributed by atoms with Crippen LogP contribution in [0.25, 0.3) is 0 Å². The van der Waals surface area contributed by atoms with E-state index in [0.29, 0.717) is 13.2 Å². The van der Waals surface area contributed by atoms with Crippen LogP contribution in [0.4, 0.5) is 23.2 Å². The van der Waals surface area contributed by atoms with E-state index >= 15 is 0 Å². The van der Waals surface area contributed by atoms with E-state index in [1.54, 1.807) is 6.07 Å². The third-order valence-corrected chi connectivity index (χ3v) is 3.97. The van der Waals surface area contributed by atoms with Crippen molar-refractivity contribution in [1.29, 1.82) is 0 Å². The molecule has 1 fully saturated rings. The molecular formula is C17H17F4N3O. The van der Waals surface area contributed by atoms with Crippen LogP contribution < -0.4 is 5.32 Å². The second-order valence-electron chi connectivity index (χ2n) is 5.76. The first-order chi connectivity index (χ1) is 12.0. The van der Waals surface area contributed by atoms with Gasteiger partial charge in [-0.15, -0.1) is 0 Å². The Labute approximate surface area is 142 Å². The van der Waals surface area contributed by atoms with E-state index in [2.05, 4.69) is 15.2 Å². The van der Waals surface area contributed by atoms with Crippen LogP contribution in [0.1, 0.15) is 11.1 Å². The first-order valence-corrected chi connectivity index (χ1v) is 7.86. The molecule has 8 heteroatoms. The topological polar surface area (TPSA) is 37.4 Å². The standard InChI is InChI=1S/C17H17F4N3O/c18-13-15(14(19)17(21)23-16(13)20)22-9-11-2-1-3-12(8-11)10-24-4-6-25-7-5-24/h1-3,8H,4-7,9-10H2,(H,22,23). The number of pyridine rings is 1. The summed E-state index contributed by atoms with van der Waals surface area (Å²) in [5.74, 6) is -6.43. The zero-order valence-electron chi connectivity index (χ0n) is 13.4. The van der Waals surface area contributed by atoms with Crippen LogP contribution in [-0.2, 0) is 17.8 Å². The molecule has 4 nitrogen and oxygen atoms in total. The molecule has 0 radical (unpaired) electrons. The highest BCUT2D eigenvalue weighted by Gasteiger charge is 2.20. The molecule has 25 heavy (non-hydrogen) atoms. The largest absolute Gasteiger partial charge is 0.379 e. The van der Waals surface area contributed by atoms with Gasteiger partial charge in [-0.2, -0.15) is 22.5 Å². The first kappa shape index (κ1) is 17.6.